The predicted molar refractivity (Wildman–Crippen MR) is 110 cm³/mol. The molecule has 3 aromatic rings. The number of rotatable bonds is 7. The van der Waals surface area contributed by atoms with E-state index in [0.29, 0.717) is 22.7 Å². The summed E-state index contributed by atoms with van der Waals surface area (Å²) < 4.78 is 80.8. The van der Waals surface area contributed by atoms with Crippen molar-refractivity contribution in [3.63, 3.8) is 0 Å². The molecule has 10 heteroatoms. The highest BCUT2D eigenvalue weighted by Gasteiger charge is 2.35. The molecule has 0 atom stereocenters. The molecule has 0 amide bonds. The van der Waals surface area contributed by atoms with Gasteiger partial charge in [-0.05, 0) is 48.1 Å². The van der Waals surface area contributed by atoms with Gasteiger partial charge in [0.05, 0.1) is 17.9 Å². The first-order valence-corrected chi connectivity index (χ1v) is 11.4. The summed E-state index contributed by atoms with van der Waals surface area (Å²) in [6, 6.07) is 9.74. The van der Waals surface area contributed by atoms with E-state index < -0.39 is 27.6 Å². The Morgan fingerprint density at radius 1 is 1.13 bits per heavy atom. The number of aliphatic hydroxyl groups is 1. The van der Waals surface area contributed by atoms with E-state index in [-0.39, 0.29) is 30.9 Å². The second-order valence-electron chi connectivity index (χ2n) is 6.74. The third-order valence-corrected chi connectivity index (χ3v) is 7.80. The van der Waals surface area contributed by atoms with E-state index in [1.54, 1.807) is 6.92 Å². The Hall–Kier alpha value is -2.17. The lowest BCUT2D eigenvalue weighted by molar-refractivity contribution is -0.140. The van der Waals surface area contributed by atoms with E-state index >= 15 is 0 Å². The number of thiophene rings is 1. The van der Waals surface area contributed by atoms with Gasteiger partial charge < -0.3 is 5.11 Å². The first-order chi connectivity index (χ1) is 14.0. The first kappa shape index (κ1) is 22.5. The highest BCUT2D eigenvalue weighted by molar-refractivity contribution is 7.93. The van der Waals surface area contributed by atoms with Crippen LogP contribution in [0.1, 0.15) is 23.1 Å². The predicted octanol–water partition coefficient (Wildman–Crippen LogP) is 5.09. The van der Waals surface area contributed by atoms with Gasteiger partial charge in [-0.15, -0.1) is 11.3 Å². The van der Waals surface area contributed by atoms with Crippen molar-refractivity contribution in [3.05, 3.63) is 65.0 Å². The maximum absolute atomic E-state index is 13.7. The molecule has 0 radical (unpaired) electrons. The number of benzene rings is 2. The number of aliphatic hydroxyl groups excluding tert-OH is 1. The lowest BCUT2D eigenvalue weighted by atomic mass is 10.1. The second-order valence-corrected chi connectivity index (χ2v) is 9.78. The van der Waals surface area contributed by atoms with E-state index in [4.69, 9.17) is 5.11 Å². The number of alkyl halides is 3. The summed E-state index contributed by atoms with van der Waals surface area (Å²) in [6.07, 6.45) is -4.91. The quantitative estimate of drug-likeness (QED) is 0.499. The van der Waals surface area contributed by atoms with Crippen molar-refractivity contribution in [2.75, 3.05) is 16.7 Å². The van der Waals surface area contributed by atoms with Crippen LogP contribution in [-0.4, -0.2) is 25.9 Å². The van der Waals surface area contributed by atoms with Crippen LogP contribution in [0.15, 0.2) is 42.5 Å². The summed E-state index contributed by atoms with van der Waals surface area (Å²) in [7, 11) is -3.96. The van der Waals surface area contributed by atoms with Gasteiger partial charge in [0.25, 0.3) is 0 Å². The van der Waals surface area contributed by atoms with Crippen molar-refractivity contribution in [3.8, 4) is 0 Å². The van der Waals surface area contributed by atoms with Crippen molar-refractivity contribution >= 4 is 36.4 Å². The molecular formula is C20H19F4NO3S2. The molecule has 2 aromatic carbocycles. The van der Waals surface area contributed by atoms with Crippen LogP contribution >= 0.6 is 11.3 Å². The normalized spacial score (nSPS) is 12.5. The summed E-state index contributed by atoms with van der Waals surface area (Å²) in [6.45, 7) is 1.02. The highest BCUT2D eigenvalue weighted by Crippen LogP contribution is 2.40. The smallest absolute Gasteiger partial charge is 0.396 e. The van der Waals surface area contributed by atoms with E-state index in [2.05, 4.69) is 0 Å². The zero-order valence-electron chi connectivity index (χ0n) is 15.9. The molecular weight excluding hydrogens is 442 g/mol. The monoisotopic (exact) mass is 461 g/mol. The van der Waals surface area contributed by atoms with Crippen molar-refractivity contribution in [1.29, 1.82) is 0 Å². The minimum atomic E-state index is -4.89. The number of halogens is 4. The maximum Gasteiger partial charge on any atom is 0.419 e. The number of hydrogen-bond donors (Lipinski definition) is 1. The fourth-order valence-corrected chi connectivity index (χ4v) is 6.12. The van der Waals surface area contributed by atoms with E-state index in [1.807, 2.05) is 24.3 Å². The van der Waals surface area contributed by atoms with Gasteiger partial charge in [-0.1, -0.05) is 24.3 Å². The average Bonchev–Trinajstić information content (AvgIpc) is 3.01. The Morgan fingerprint density at radius 3 is 2.47 bits per heavy atom. The summed E-state index contributed by atoms with van der Waals surface area (Å²) in [4.78, 5) is 0. The largest absolute Gasteiger partial charge is 0.419 e. The molecule has 0 bridgehead atoms. The van der Waals surface area contributed by atoms with Gasteiger partial charge in [-0.3, -0.25) is 4.31 Å². The summed E-state index contributed by atoms with van der Waals surface area (Å²) in [5.74, 6) is -1.79. The standard InChI is InChI=1S/C20H19F4NO3S2/c1-13-15-5-2-3-6-18(15)29-19(13)25(30(27,28)10-4-9-26)12-14-7-8-17(21)16(11-14)20(22,23)24/h2-3,5-8,11,26H,4,9-10,12H2,1H3. The SMILES string of the molecule is Cc1c(N(Cc2ccc(F)c(C(F)(F)F)c2)S(=O)(=O)CCCO)sc2ccccc12. The van der Waals surface area contributed by atoms with Gasteiger partial charge in [-0.2, -0.15) is 13.2 Å². The molecule has 0 saturated carbocycles. The molecule has 0 aliphatic heterocycles. The number of aryl methyl sites for hydroxylation is 1. The third kappa shape index (κ3) is 4.60. The molecule has 0 aliphatic rings. The molecule has 0 saturated heterocycles. The second kappa shape index (κ2) is 8.52. The Labute approximate surface area is 175 Å². The molecule has 0 fully saturated rings. The van der Waals surface area contributed by atoms with Crippen LogP contribution in [0.5, 0.6) is 0 Å². The molecule has 0 spiro atoms. The van der Waals surface area contributed by atoms with E-state index in [1.165, 1.54) is 11.3 Å². The molecule has 1 heterocycles. The van der Waals surface area contributed by atoms with Gasteiger partial charge in [0.15, 0.2) is 0 Å². The van der Waals surface area contributed by atoms with Crippen molar-refractivity contribution in [2.45, 2.75) is 26.1 Å². The number of sulfonamides is 1. The minimum Gasteiger partial charge on any atom is -0.396 e. The van der Waals surface area contributed by atoms with E-state index in [0.717, 1.165) is 20.5 Å². The number of nitrogens with zero attached hydrogens (tertiary/aromatic N) is 1. The maximum atomic E-state index is 13.7. The van der Waals surface area contributed by atoms with Gasteiger partial charge in [0.1, 0.15) is 10.8 Å². The van der Waals surface area contributed by atoms with Gasteiger partial charge in [0.2, 0.25) is 10.0 Å². The fraction of sp³-hybridized carbons (Fsp3) is 0.300. The highest BCUT2D eigenvalue weighted by atomic mass is 32.2. The van der Waals surface area contributed by atoms with Gasteiger partial charge in [-0.25, -0.2) is 12.8 Å². The molecule has 1 N–H and O–H groups in total. The molecule has 0 unspecified atom stereocenters. The van der Waals surface area contributed by atoms with Crippen molar-refractivity contribution < 1.29 is 31.1 Å². The van der Waals surface area contributed by atoms with Crippen LogP contribution in [0.25, 0.3) is 10.1 Å². The van der Waals surface area contributed by atoms with Crippen LogP contribution in [0, 0.1) is 12.7 Å². The lowest BCUT2D eigenvalue weighted by Gasteiger charge is -2.24. The Bertz CT molecular complexity index is 1160. The third-order valence-electron chi connectivity index (χ3n) is 4.60. The number of hydrogen-bond acceptors (Lipinski definition) is 4. The Balaban J connectivity index is 2.10. The topological polar surface area (TPSA) is 57.6 Å². The van der Waals surface area contributed by atoms with Crippen molar-refractivity contribution in [1.82, 2.24) is 0 Å². The summed E-state index contributed by atoms with van der Waals surface area (Å²) in [5.41, 5.74) is -0.754. The van der Waals surface area contributed by atoms with Gasteiger partial charge in [0, 0.05) is 11.3 Å². The number of anilines is 1. The zero-order valence-corrected chi connectivity index (χ0v) is 17.5. The summed E-state index contributed by atoms with van der Waals surface area (Å²) in [5, 5.41) is 10.3. The van der Waals surface area contributed by atoms with Crippen molar-refractivity contribution in [2.24, 2.45) is 0 Å². The number of fused-ring (bicyclic) bond motifs is 1. The van der Waals surface area contributed by atoms with Crippen LogP contribution in [0.3, 0.4) is 0 Å². The Morgan fingerprint density at radius 2 is 1.83 bits per heavy atom. The van der Waals surface area contributed by atoms with Gasteiger partial charge >= 0.3 is 6.18 Å². The zero-order chi connectivity index (χ0) is 22.1. The molecule has 3 rings (SSSR count). The first-order valence-electron chi connectivity index (χ1n) is 8.99. The molecule has 1 aromatic heterocycles. The fourth-order valence-electron chi connectivity index (χ4n) is 3.11. The van der Waals surface area contributed by atoms with Crippen LogP contribution in [0.2, 0.25) is 0 Å². The average molecular weight is 462 g/mol. The van der Waals surface area contributed by atoms with E-state index in [9.17, 15) is 26.0 Å². The lowest BCUT2D eigenvalue weighted by Crippen LogP contribution is -2.33. The summed E-state index contributed by atoms with van der Waals surface area (Å²) >= 11 is 1.21. The Kier molecular flexibility index (Phi) is 6.40. The minimum absolute atomic E-state index is 0.00755. The van der Waals surface area contributed by atoms with Crippen LogP contribution in [-0.2, 0) is 22.7 Å². The molecule has 30 heavy (non-hydrogen) atoms. The van der Waals surface area contributed by atoms with Crippen LogP contribution in [0.4, 0.5) is 22.6 Å². The molecule has 162 valence electrons. The van der Waals surface area contributed by atoms with Crippen LogP contribution < -0.4 is 4.31 Å². The molecule has 4 nitrogen and oxygen atoms in total. The molecule has 0 aliphatic carbocycles.